The number of nitrogens with zero attached hydrogens (tertiary/aromatic N) is 2. The van der Waals surface area contributed by atoms with E-state index in [1.807, 2.05) is 67.6 Å². The average molecular weight is 306 g/mol. The molecule has 116 valence electrons. The fraction of sp³-hybridized carbons (Fsp3) is 0.211. The van der Waals surface area contributed by atoms with Crippen LogP contribution < -0.4 is 0 Å². The summed E-state index contributed by atoms with van der Waals surface area (Å²) in [6, 6.07) is 18.9. The molecule has 3 rings (SSSR count). The third kappa shape index (κ3) is 2.68. The van der Waals surface area contributed by atoms with Crippen LogP contribution in [0.15, 0.2) is 65.8 Å². The van der Waals surface area contributed by atoms with Gasteiger partial charge in [-0.3, -0.25) is 9.59 Å². The Balaban J connectivity index is 1.92. The van der Waals surface area contributed by atoms with Crippen LogP contribution in [-0.4, -0.2) is 23.0 Å². The van der Waals surface area contributed by atoms with Crippen molar-refractivity contribution in [2.45, 2.75) is 25.2 Å². The lowest BCUT2D eigenvalue weighted by atomic mass is 9.77. The van der Waals surface area contributed by atoms with Crippen molar-refractivity contribution in [3.8, 4) is 0 Å². The molecule has 2 amide bonds. The zero-order valence-electron chi connectivity index (χ0n) is 13.0. The van der Waals surface area contributed by atoms with Crippen LogP contribution in [-0.2, 0) is 15.0 Å². The Bertz CT molecular complexity index is 740. The predicted octanol–water partition coefficient (Wildman–Crippen LogP) is 3.13. The van der Waals surface area contributed by atoms with Crippen LogP contribution in [0.1, 0.15) is 30.9 Å². The van der Waals surface area contributed by atoms with Gasteiger partial charge in [0.05, 0.1) is 11.6 Å². The van der Waals surface area contributed by atoms with Gasteiger partial charge in [-0.05, 0) is 17.5 Å². The lowest BCUT2D eigenvalue weighted by Crippen LogP contribution is -2.35. The molecule has 23 heavy (non-hydrogen) atoms. The molecule has 1 aliphatic rings. The number of benzene rings is 2. The number of hydrogen-bond donors (Lipinski definition) is 0. The van der Waals surface area contributed by atoms with Crippen LogP contribution in [0, 0.1) is 0 Å². The number of amides is 2. The number of carbonyl (C=O) groups is 2. The van der Waals surface area contributed by atoms with Gasteiger partial charge in [-0.2, -0.15) is 10.1 Å². The first-order valence-electron chi connectivity index (χ1n) is 7.69. The minimum absolute atomic E-state index is 0.165. The van der Waals surface area contributed by atoms with Crippen LogP contribution in [0.5, 0.6) is 0 Å². The highest BCUT2D eigenvalue weighted by molar-refractivity contribution is 6.09. The smallest absolute Gasteiger partial charge is 0.261 e. The SMILES string of the molecule is CC[C@]1(c2ccccc2)CC(=O)N(/N=C\c2ccccc2)C1=O. The van der Waals surface area contributed by atoms with E-state index in [0.717, 1.165) is 16.1 Å². The van der Waals surface area contributed by atoms with E-state index in [1.54, 1.807) is 6.21 Å². The van der Waals surface area contributed by atoms with E-state index >= 15 is 0 Å². The lowest BCUT2D eigenvalue weighted by molar-refractivity contribution is -0.139. The summed E-state index contributed by atoms with van der Waals surface area (Å²) in [5.74, 6) is -0.503. The topological polar surface area (TPSA) is 49.7 Å². The molecule has 0 saturated carbocycles. The van der Waals surface area contributed by atoms with Crippen LogP contribution in [0.2, 0.25) is 0 Å². The summed E-state index contributed by atoms with van der Waals surface area (Å²) in [7, 11) is 0. The van der Waals surface area contributed by atoms with Gasteiger partial charge in [0.1, 0.15) is 0 Å². The first-order valence-corrected chi connectivity index (χ1v) is 7.69. The Hall–Kier alpha value is -2.75. The maximum Gasteiger partial charge on any atom is 0.261 e. The summed E-state index contributed by atoms with van der Waals surface area (Å²) in [4.78, 5) is 25.2. The van der Waals surface area contributed by atoms with Crippen LogP contribution in [0.25, 0.3) is 0 Å². The Kier molecular flexibility index (Phi) is 4.06. The van der Waals surface area contributed by atoms with Gasteiger partial charge >= 0.3 is 0 Å². The second-order valence-electron chi connectivity index (χ2n) is 5.64. The van der Waals surface area contributed by atoms with Gasteiger partial charge in [-0.15, -0.1) is 0 Å². The van der Waals surface area contributed by atoms with Gasteiger partial charge in [0, 0.05) is 6.42 Å². The number of rotatable bonds is 4. The lowest BCUT2D eigenvalue weighted by Gasteiger charge is -2.24. The summed E-state index contributed by atoms with van der Waals surface area (Å²) in [5, 5.41) is 5.15. The maximum atomic E-state index is 12.9. The molecule has 4 nitrogen and oxygen atoms in total. The zero-order chi connectivity index (χ0) is 16.3. The van der Waals surface area contributed by atoms with Crippen molar-refractivity contribution in [3.63, 3.8) is 0 Å². The average Bonchev–Trinajstić information content (AvgIpc) is 2.86. The van der Waals surface area contributed by atoms with Crippen molar-refractivity contribution in [2.24, 2.45) is 5.10 Å². The van der Waals surface area contributed by atoms with E-state index in [4.69, 9.17) is 0 Å². The van der Waals surface area contributed by atoms with Gasteiger partial charge in [-0.1, -0.05) is 67.6 Å². The molecular weight excluding hydrogens is 288 g/mol. The summed E-state index contributed by atoms with van der Waals surface area (Å²) in [6.45, 7) is 1.93. The van der Waals surface area contributed by atoms with E-state index in [-0.39, 0.29) is 18.2 Å². The third-order valence-corrected chi connectivity index (χ3v) is 4.34. The molecule has 0 radical (unpaired) electrons. The molecule has 0 bridgehead atoms. The Morgan fingerprint density at radius 2 is 1.65 bits per heavy atom. The van der Waals surface area contributed by atoms with Gasteiger partial charge in [0.2, 0.25) is 0 Å². The van der Waals surface area contributed by atoms with Crippen molar-refractivity contribution in [2.75, 3.05) is 0 Å². The van der Waals surface area contributed by atoms with Gasteiger partial charge in [-0.25, -0.2) is 0 Å². The molecule has 2 aromatic rings. The molecule has 0 aromatic heterocycles. The molecule has 0 aliphatic carbocycles. The molecule has 1 saturated heterocycles. The van der Waals surface area contributed by atoms with Crippen LogP contribution in [0.4, 0.5) is 0 Å². The van der Waals surface area contributed by atoms with E-state index < -0.39 is 5.41 Å². The highest BCUT2D eigenvalue weighted by atomic mass is 16.2. The fourth-order valence-corrected chi connectivity index (χ4v) is 2.97. The quantitative estimate of drug-likeness (QED) is 0.643. The highest BCUT2D eigenvalue weighted by Crippen LogP contribution is 2.39. The van der Waals surface area contributed by atoms with Crippen molar-refractivity contribution in [1.29, 1.82) is 0 Å². The number of imide groups is 1. The second kappa shape index (κ2) is 6.16. The normalized spacial score (nSPS) is 21.3. The van der Waals surface area contributed by atoms with E-state index in [2.05, 4.69) is 5.10 Å². The molecule has 1 fully saturated rings. The minimum Gasteiger partial charge on any atom is -0.272 e. The molecule has 1 aliphatic heterocycles. The summed E-state index contributed by atoms with van der Waals surface area (Å²) in [6.07, 6.45) is 2.28. The molecule has 4 heteroatoms. The Morgan fingerprint density at radius 1 is 1.04 bits per heavy atom. The molecule has 0 unspecified atom stereocenters. The second-order valence-corrected chi connectivity index (χ2v) is 5.64. The zero-order valence-corrected chi connectivity index (χ0v) is 13.0. The fourth-order valence-electron chi connectivity index (χ4n) is 2.97. The molecule has 0 spiro atoms. The van der Waals surface area contributed by atoms with Gasteiger partial charge in [0.25, 0.3) is 11.8 Å². The van der Waals surface area contributed by atoms with Crippen LogP contribution in [0.3, 0.4) is 0 Å². The van der Waals surface area contributed by atoms with Crippen molar-refractivity contribution in [3.05, 3.63) is 71.8 Å². The van der Waals surface area contributed by atoms with E-state index in [1.165, 1.54) is 0 Å². The van der Waals surface area contributed by atoms with E-state index in [9.17, 15) is 9.59 Å². The summed E-state index contributed by atoms with van der Waals surface area (Å²) < 4.78 is 0. The molecule has 2 aromatic carbocycles. The highest BCUT2D eigenvalue weighted by Gasteiger charge is 2.51. The summed E-state index contributed by atoms with van der Waals surface area (Å²) in [5.41, 5.74) is 0.923. The molecular formula is C19H18N2O2. The maximum absolute atomic E-state index is 12.9. The van der Waals surface area contributed by atoms with Crippen molar-refractivity contribution < 1.29 is 9.59 Å². The van der Waals surface area contributed by atoms with Crippen molar-refractivity contribution >= 4 is 18.0 Å². The standard InChI is InChI=1S/C19H18N2O2/c1-2-19(16-11-7-4-8-12-16)13-17(22)21(18(19)23)20-14-15-9-5-3-6-10-15/h3-12,14H,2,13H2,1H3/b20-14-/t19-/m1/s1. The van der Waals surface area contributed by atoms with Crippen molar-refractivity contribution in [1.82, 2.24) is 5.01 Å². The van der Waals surface area contributed by atoms with E-state index in [0.29, 0.717) is 6.42 Å². The molecule has 1 heterocycles. The Morgan fingerprint density at radius 3 is 2.26 bits per heavy atom. The monoisotopic (exact) mass is 306 g/mol. The Labute approximate surface area is 135 Å². The van der Waals surface area contributed by atoms with Crippen LogP contribution >= 0.6 is 0 Å². The summed E-state index contributed by atoms with van der Waals surface area (Å²) >= 11 is 0. The van der Waals surface area contributed by atoms with Gasteiger partial charge < -0.3 is 0 Å². The molecule has 0 N–H and O–H groups in total. The first-order chi connectivity index (χ1) is 11.2. The molecule has 1 atom stereocenters. The van der Waals surface area contributed by atoms with Gasteiger partial charge in [0.15, 0.2) is 0 Å². The largest absolute Gasteiger partial charge is 0.272 e. The number of carbonyl (C=O) groups excluding carboxylic acids is 2. The minimum atomic E-state index is -0.799. The third-order valence-electron chi connectivity index (χ3n) is 4.34. The predicted molar refractivity (Wildman–Crippen MR) is 88.9 cm³/mol. The first kappa shape index (κ1) is 15.2. The number of hydrogen-bond acceptors (Lipinski definition) is 3. The number of hydrazone groups is 1.